The molecule has 0 spiro atoms. The molecule has 0 radical (unpaired) electrons. The van der Waals surface area contributed by atoms with Gasteiger partial charge in [0.15, 0.2) is 10.8 Å². The van der Waals surface area contributed by atoms with Crippen LogP contribution in [-0.2, 0) is 4.74 Å². The van der Waals surface area contributed by atoms with Crippen LogP contribution in [0.1, 0.15) is 17.4 Å². The number of carbonyl (C=O) groups excluding carboxylic acids is 1. The minimum absolute atomic E-state index is 0.228. The predicted molar refractivity (Wildman–Crippen MR) is 54.0 cm³/mol. The van der Waals surface area contributed by atoms with Crippen LogP contribution in [-0.4, -0.2) is 27.2 Å². The van der Waals surface area contributed by atoms with Crippen molar-refractivity contribution in [3.05, 3.63) is 29.3 Å². The molecule has 0 bridgehead atoms. The van der Waals surface area contributed by atoms with E-state index in [4.69, 9.17) is 16.3 Å². The lowest BCUT2D eigenvalue weighted by molar-refractivity contribution is 0.0519. The summed E-state index contributed by atoms with van der Waals surface area (Å²) in [5.74, 6) is -0.461. The molecule has 0 fully saturated rings. The molecule has 5 nitrogen and oxygen atoms in total. The fourth-order valence-corrected chi connectivity index (χ4v) is 1.39. The van der Waals surface area contributed by atoms with Crippen LogP contribution < -0.4 is 0 Å². The molecule has 0 aromatic carbocycles. The maximum atomic E-state index is 11.4. The summed E-state index contributed by atoms with van der Waals surface area (Å²) >= 11 is 5.83. The molecule has 0 saturated heterocycles. The highest BCUT2D eigenvalue weighted by Gasteiger charge is 2.13. The van der Waals surface area contributed by atoms with Crippen LogP contribution in [0.4, 0.5) is 0 Å². The van der Waals surface area contributed by atoms with Crippen LogP contribution in [0.5, 0.6) is 0 Å². The fourth-order valence-electron chi connectivity index (χ4n) is 1.19. The Bertz CT molecular complexity index is 509. The topological polar surface area (TPSA) is 56.5 Å². The highest BCUT2D eigenvalue weighted by atomic mass is 35.5. The number of halogens is 1. The molecule has 0 unspecified atom stereocenters. The first-order valence-corrected chi connectivity index (χ1v) is 4.77. The number of nitrogens with zero attached hydrogens (tertiary/aromatic N) is 3. The van der Waals surface area contributed by atoms with Crippen molar-refractivity contribution in [2.24, 2.45) is 0 Å². The summed E-state index contributed by atoms with van der Waals surface area (Å²) < 4.78 is 6.31. The Hall–Kier alpha value is -1.62. The average Bonchev–Trinajstić information content (AvgIpc) is 2.63. The van der Waals surface area contributed by atoms with E-state index < -0.39 is 5.97 Å². The summed E-state index contributed by atoms with van der Waals surface area (Å²) in [5.41, 5.74) is 0.814. The van der Waals surface area contributed by atoms with E-state index in [9.17, 15) is 4.79 Å². The Morgan fingerprint density at radius 2 is 2.47 bits per heavy atom. The van der Waals surface area contributed by atoms with E-state index in [0.717, 1.165) is 0 Å². The summed E-state index contributed by atoms with van der Waals surface area (Å²) in [5, 5.41) is 4.32. The molecule has 15 heavy (non-hydrogen) atoms. The van der Waals surface area contributed by atoms with E-state index in [-0.39, 0.29) is 5.69 Å². The molecule has 0 saturated carbocycles. The van der Waals surface area contributed by atoms with E-state index in [2.05, 4.69) is 10.1 Å². The maximum Gasteiger partial charge on any atom is 0.358 e. The number of rotatable bonds is 2. The Kier molecular flexibility index (Phi) is 2.55. The summed E-state index contributed by atoms with van der Waals surface area (Å²) in [4.78, 5) is 15.2. The average molecular weight is 226 g/mol. The Balaban J connectivity index is 2.47. The molecule has 0 atom stereocenters. The molecule has 2 heterocycles. The van der Waals surface area contributed by atoms with Crippen molar-refractivity contribution in [1.82, 2.24) is 14.6 Å². The van der Waals surface area contributed by atoms with Crippen LogP contribution in [0.3, 0.4) is 0 Å². The van der Waals surface area contributed by atoms with Gasteiger partial charge in [-0.05, 0) is 6.92 Å². The van der Waals surface area contributed by atoms with Crippen LogP contribution in [0.15, 0.2) is 18.5 Å². The van der Waals surface area contributed by atoms with Crippen LogP contribution in [0, 0.1) is 0 Å². The summed E-state index contributed by atoms with van der Waals surface area (Å²) in [6.07, 6.45) is 3.13. The fraction of sp³-hybridized carbons (Fsp3) is 0.222. The standard InChI is InChI=1S/C9H8ClN3O2/c1-2-15-9(14)6-5-7-8(10)11-3-4-13(7)12-6/h3-5H,2H2,1H3. The number of hydrogen-bond donors (Lipinski definition) is 0. The molecule has 2 rings (SSSR count). The lowest BCUT2D eigenvalue weighted by atomic mass is 10.4. The first kappa shape index (κ1) is 9.92. The minimum Gasteiger partial charge on any atom is -0.461 e. The minimum atomic E-state index is -0.461. The van der Waals surface area contributed by atoms with Crippen molar-refractivity contribution >= 4 is 23.1 Å². The number of ether oxygens (including phenoxy) is 1. The number of fused-ring (bicyclic) bond motifs is 1. The zero-order valence-corrected chi connectivity index (χ0v) is 8.73. The second-order valence-corrected chi connectivity index (χ2v) is 3.16. The molecule has 2 aromatic heterocycles. The first-order chi connectivity index (χ1) is 7.22. The van der Waals surface area contributed by atoms with Gasteiger partial charge >= 0.3 is 5.97 Å². The number of aromatic nitrogens is 3. The van der Waals surface area contributed by atoms with Gasteiger partial charge in [-0.25, -0.2) is 14.3 Å². The van der Waals surface area contributed by atoms with E-state index in [1.165, 1.54) is 10.7 Å². The largest absolute Gasteiger partial charge is 0.461 e. The zero-order valence-electron chi connectivity index (χ0n) is 7.98. The third kappa shape index (κ3) is 1.78. The van der Waals surface area contributed by atoms with Crippen molar-refractivity contribution in [3.8, 4) is 0 Å². The second-order valence-electron chi connectivity index (χ2n) is 2.80. The molecule has 0 aliphatic rings. The Morgan fingerprint density at radius 1 is 1.67 bits per heavy atom. The smallest absolute Gasteiger partial charge is 0.358 e. The van der Waals surface area contributed by atoms with E-state index >= 15 is 0 Å². The number of hydrogen-bond acceptors (Lipinski definition) is 4. The molecular weight excluding hydrogens is 218 g/mol. The van der Waals surface area contributed by atoms with Crippen molar-refractivity contribution in [2.75, 3.05) is 6.61 Å². The molecule has 6 heteroatoms. The van der Waals surface area contributed by atoms with Crippen LogP contribution >= 0.6 is 11.6 Å². The van der Waals surface area contributed by atoms with Gasteiger partial charge in [-0.3, -0.25) is 0 Å². The second kappa shape index (κ2) is 3.86. The summed E-state index contributed by atoms with van der Waals surface area (Å²) in [6, 6.07) is 1.55. The third-order valence-electron chi connectivity index (χ3n) is 1.83. The zero-order chi connectivity index (χ0) is 10.8. The van der Waals surface area contributed by atoms with Crippen molar-refractivity contribution in [1.29, 1.82) is 0 Å². The van der Waals surface area contributed by atoms with Crippen molar-refractivity contribution < 1.29 is 9.53 Å². The van der Waals surface area contributed by atoms with Gasteiger partial charge in [0, 0.05) is 18.5 Å². The van der Waals surface area contributed by atoms with Gasteiger partial charge in [0.05, 0.1) is 6.61 Å². The van der Waals surface area contributed by atoms with Gasteiger partial charge in [-0.2, -0.15) is 5.10 Å². The van der Waals surface area contributed by atoms with Crippen molar-refractivity contribution in [2.45, 2.75) is 6.92 Å². The predicted octanol–water partition coefficient (Wildman–Crippen LogP) is 1.56. The quantitative estimate of drug-likeness (QED) is 0.728. The Morgan fingerprint density at radius 3 is 3.13 bits per heavy atom. The van der Waals surface area contributed by atoms with Crippen LogP contribution in [0.25, 0.3) is 5.52 Å². The highest BCUT2D eigenvalue weighted by Crippen LogP contribution is 2.15. The molecule has 0 N–H and O–H groups in total. The lowest BCUT2D eigenvalue weighted by Gasteiger charge is -1.95. The Labute approximate surface area is 90.6 Å². The maximum absolute atomic E-state index is 11.4. The number of esters is 1. The van der Waals surface area contributed by atoms with Gasteiger partial charge < -0.3 is 4.74 Å². The lowest BCUT2D eigenvalue weighted by Crippen LogP contribution is -2.05. The van der Waals surface area contributed by atoms with Gasteiger partial charge in [0.25, 0.3) is 0 Å². The highest BCUT2D eigenvalue weighted by molar-refractivity contribution is 6.32. The molecular formula is C9H8ClN3O2. The third-order valence-corrected chi connectivity index (χ3v) is 2.12. The molecule has 78 valence electrons. The SMILES string of the molecule is CCOC(=O)c1cc2c(Cl)nccn2n1. The van der Waals surface area contributed by atoms with Gasteiger partial charge in [-0.15, -0.1) is 0 Å². The molecule has 2 aromatic rings. The first-order valence-electron chi connectivity index (χ1n) is 4.39. The monoisotopic (exact) mass is 225 g/mol. The molecule has 0 aliphatic heterocycles. The molecule has 0 aliphatic carbocycles. The van der Waals surface area contributed by atoms with Crippen molar-refractivity contribution in [3.63, 3.8) is 0 Å². The van der Waals surface area contributed by atoms with E-state index in [1.54, 1.807) is 19.2 Å². The summed E-state index contributed by atoms with van der Waals surface area (Å²) in [7, 11) is 0. The van der Waals surface area contributed by atoms with Crippen LogP contribution in [0.2, 0.25) is 5.15 Å². The normalized spacial score (nSPS) is 10.5. The molecule has 0 amide bonds. The summed E-state index contributed by atoms with van der Waals surface area (Å²) in [6.45, 7) is 2.06. The van der Waals surface area contributed by atoms with Gasteiger partial charge in [-0.1, -0.05) is 11.6 Å². The van der Waals surface area contributed by atoms with Gasteiger partial charge in [0.2, 0.25) is 0 Å². The van der Waals surface area contributed by atoms with E-state index in [1.807, 2.05) is 0 Å². The number of carbonyl (C=O) groups is 1. The van der Waals surface area contributed by atoms with E-state index in [0.29, 0.717) is 17.3 Å². The van der Waals surface area contributed by atoms with Gasteiger partial charge in [0.1, 0.15) is 5.52 Å².